The molecule has 2 unspecified atom stereocenters. The molecule has 1 aromatic heterocycles. The third kappa shape index (κ3) is 2.37. The maximum Gasteiger partial charge on any atom is 0.253 e. The first-order valence-electron chi connectivity index (χ1n) is 7.00. The van der Waals surface area contributed by atoms with E-state index in [-0.39, 0.29) is 5.91 Å². The summed E-state index contributed by atoms with van der Waals surface area (Å²) < 4.78 is 0. The lowest BCUT2D eigenvalue weighted by Gasteiger charge is -2.35. The molecule has 1 N–H and O–H groups in total. The maximum atomic E-state index is 12.6. The number of benzene rings is 1. The number of rotatable bonds is 1. The second kappa shape index (κ2) is 4.72. The molecule has 2 aromatic rings. The molecule has 0 saturated carbocycles. The van der Waals surface area contributed by atoms with Crippen molar-refractivity contribution >= 4 is 16.8 Å². The lowest BCUT2D eigenvalue weighted by atomic mass is 9.91. The SMILES string of the molecule is CC1CC(C)CN(C(=O)c2ccc3cc[nH]c3c2)C1. The molecule has 19 heavy (non-hydrogen) atoms. The van der Waals surface area contributed by atoms with Crippen LogP contribution in [0, 0.1) is 11.8 Å². The van der Waals surface area contributed by atoms with Gasteiger partial charge in [0.15, 0.2) is 0 Å². The Balaban J connectivity index is 1.86. The first kappa shape index (κ1) is 12.3. The van der Waals surface area contributed by atoms with Crippen molar-refractivity contribution in [2.75, 3.05) is 13.1 Å². The molecule has 1 aliphatic rings. The number of aromatic amines is 1. The minimum Gasteiger partial charge on any atom is -0.361 e. The highest BCUT2D eigenvalue weighted by atomic mass is 16.2. The van der Waals surface area contributed by atoms with Crippen molar-refractivity contribution in [3.8, 4) is 0 Å². The van der Waals surface area contributed by atoms with Crippen molar-refractivity contribution in [2.24, 2.45) is 11.8 Å². The first-order valence-corrected chi connectivity index (χ1v) is 7.00. The standard InChI is InChI=1S/C16H20N2O/c1-11-7-12(2)10-18(9-11)16(19)14-4-3-13-5-6-17-15(13)8-14/h3-6,8,11-12,17H,7,9-10H2,1-2H3. The lowest BCUT2D eigenvalue weighted by molar-refractivity contribution is 0.0623. The van der Waals surface area contributed by atoms with E-state index >= 15 is 0 Å². The number of hydrogen-bond donors (Lipinski definition) is 1. The number of piperidine rings is 1. The van der Waals surface area contributed by atoms with Gasteiger partial charge in [-0.1, -0.05) is 19.9 Å². The molecule has 3 nitrogen and oxygen atoms in total. The summed E-state index contributed by atoms with van der Waals surface area (Å²) in [6, 6.07) is 7.93. The zero-order valence-electron chi connectivity index (χ0n) is 11.5. The summed E-state index contributed by atoms with van der Waals surface area (Å²) in [5.41, 5.74) is 1.82. The Labute approximate surface area is 113 Å². The van der Waals surface area contributed by atoms with E-state index in [9.17, 15) is 4.79 Å². The highest BCUT2D eigenvalue weighted by molar-refractivity contribution is 5.98. The summed E-state index contributed by atoms with van der Waals surface area (Å²) in [7, 11) is 0. The minimum absolute atomic E-state index is 0.162. The molecule has 0 aliphatic carbocycles. The predicted octanol–water partition coefficient (Wildman–Crippen LogP) is 3.29. The molecule has 0 spiro atoms. The van der Waals surface area contributed by atoms with E-state index in [2.05, 4.69) is 18.8 Å². The van der Waals surface area contributed by atoms with Crippen molar-refractivity contribution in [3.05, 3.63) is 36.0 Å². The van der Waals surface area contributed by atoms with Gasteiger partial charge in [0.2, 0.25) is 0 Å². The smallest absolute Gasteiger partial charge is 0.253 e. The van der Waals surface area contributed by atoms with Gasteiger partial charge >= 0.3 is 0 Å². The third-order valence-electron chi connectivity index (χ3n) is 3.96. The van der Waals surface area contributed by atoms with Crippen LogP contribution in [-0.2, 0) is 0 Å². The van der Waals surface area contributed by atoms with Gasteiger partial charge in [-0.3, -0.25) is 4.79 Å². The number of fused-ring (bicyclic) bond motifs is 1. The van der Waals surface area contributed by atoms with Crippen LogP contribution in [0.15, 0.2) is 30.5 Å². The molecule has 1 saturated heterocycles. The fraction of sp³-hybridized carbons (Fsp3) is 0.438. The number of nitrogens with zero attached hydrogens (tertiary/aromatic N) is 1. The van der Waals surface area contributed by atoms with Crippen molar-refractivity contribution in [1.82, 2.24) is 9.88 Å². The second-order valence-corrected chi connectivity index (χ2v) is 5.94. The molecule has 100 valence electrons. The fourth-order valence-corrected chi connectivity index (χ4v) is 3.19. The van der Waals surface area contributed by atoms with E-state index in [1.54, 1.807) is 0 Å². The Bertz CT molecular complexity index is 592. The molecular formula is C16H20N2O. The van der Waals surface area contributed by atoms with E-state index < -0.39 is 0 Å². The summed E-state index contributed by atoms with van der Waals surface area (Å²) in [5.74, 6) is 1.36. The largest absolute Gasteiger partial charge is 0.361 e. The van der Waals surface area contributed by atoms with E-state index in [4.69, 9.17) is 0 Å². The van der Waals surface area contributed by atoms with Gasteiger partial charge in [0.05, 0.1) is 0 Å². The van der Waals surface area contributed by atoms with Crippen LogP contribution in [0.5, 0.6) is 0 Å². The summed E-state index contributed by atoms with van der Waals surface area (Å²) in [6.45, 7) is 6.21. The summed E-state index contributed by atoms with van der Waals surface area (Å²) in [5, 5.41) is 1.15. The van der Waals surface area contributed by atoms with Crippen molar-refractivity contribution in [1.29, 1.82) is 0 Å². The number of aromatic nitrogens is 1. The van der Waals surface area contributed by atoms with Crippen LogP contribution in [0.2, 0.25) is 0 Å². The van der Waals surface area contributed by atoms with E-state index in [1.807, 2.05) is 35.4 Å². The van der Waals surface area contributed by atoms with Gasteiger partial charge in [0, 0.05) is 30.4 Å². The van der Waals surface area contributed by atoms with E-state index in [0.29, 0.717) is 11.8 Å². The average Bonchev–Trinajstić information content (AvgIpc) is 2.83. The molecule has 3 rings (SSSR count). The van der Waals surface area contributed by atoms with Crippen LogP contribution in [0.1, 0.15) is 30.6 Å². The van der Waals surface area contributed by atoms with E-state index in [1.165, 1.54) is 6.42 Å². The Hall–Kier alpha value is -1.77. The van der Waals surface area contributed by atoms with Gasteiger partial charge in [-0.05, 0) is 41.8 Å². The number of H-pyrrole nitrogens is 1. The number of likely N-dealkylation sites (tertiary alicyclic amines) is 1. The average molecular weight is 256 g/mol. The lowest BCUT2D eigenvalue weighted by Crippen LogP contribution is -2.42. The van der Waals surface area contributed by atoms with Crippen LogP contribution in [0.4, 0.5) is 0 Å². The Morgan fingerprint density at radius 3 is 2.68 bits per heavy atom. The topological polar surface area (TPSA) is 36.1 Å². The highest BCUT2D eigenvalue weighted by Gasteiger charge is 2.26. The predicted molar refractivity (Wildman–Crippen MR) is 77.1 cm³/mol. The quantitative estimate of drug-likeness (QED) is 0.835. The fourth-order valence-electron chi connectivity index (χ4n) is 3.19. The molecular weight excluding hydrogens is 236 g/mol. The van der Waals surface area contributed by atoms with Crippen LogP contribution >= 0.6 is 0 Å². The molecule has 3 heteroatoms. The third-order valence-corrected chi connectivity index (χ3v) is 3.96. The Morgan fingerprint density at radius 2 is 1.95 bits per heavy atom. The van der Waals surface area contributed by atoms with Gasteiger partial charge in [-0.15, -0.1) is 0 Å². The molecule has 1 fully saturated rings. The number of carbonyl (C=O) groups excluding carboxylic acids is 1. The van der Waals surface area contributed by atoms with Gasteiger partial charge in [-0.2, -0.15) is 0 Å². The van der Waals surface area contributed by atoms with Crippen LogP contribution in [0.25, 0.3) is 10.9 Å². The Morgan fingerprint density at radius 1 is 1.21 bits per heavy atom. The second-order valence-electron chi connectivity index (χ2n) is 5.94. The molecule has 1 amide bonds. The molecule has 1 aliphatic heterocycles. The number of nitrogens with one attached hydrogen (secondary N) is 1. The number of carbonyl (C=O) groups is 1. The van der Waals surface area contributed by atoms with Crippen molar-refractivity contribution in [2.45, 2.75) is 20.3 Å². The van der Waals surface area contributed by atoms with Crippen molar-refractivity contribution in [3.63, 3.8) is 0 Å². The highest BCUT2D eigenvalue weighted by Crippen LogP contribution is 2.23. The molecule has 1 aromatic carbocycles. The van der Waals surface area contributed by atoms with Crippen LogP contribution in [0.3, 0.4) is 0 Å². The molecule has 0 bridgehead atoms. The van der Waals surface area contributed by atoms with Gasteiger partial charge in [0.1, 0.15) is 0 Å². The molecule has 2 atom stereocenters. The van der Waals surface area contributed by atoms with Crippen molar-refractivity contribution < 1.29 is 4.79 Å². The molecule has 0 radical (unpaired) electrons. The normalized spacial score (nSPS) is 23.8. The monoisotopic (exact) mass is 256 g/mol. The van der Waals surface area contributed by atoms with Gasteiger partial charge in [-0.25, -0.2) is 0 Å². The first-order chi connectivity index (χ1) is 9.13. The summed E-state index contributed by atoms with van der Waals surface area (Å²) in [4.78, 5) is 17.7. The minimum atomic E-state index is 0.162. The Kier molecular flexibility index (Phi) is 3.05. The zero-order valence-corrected chi connectivity index (χ0v) is 11.5. The maximum absolute atomic E-state index is 12.6. The van der Waals surface area contributed by atoms with Crippen LogP contribution < -0.4 is 0 Å². The van der Waals surface area contributed by atoms with Gasteiger partial charge < -0.3 is 9.88 Å². The van der Waals surface area contributed by atoms with Gasteiger partial charge in [0.25, 0.3) is 5.91 Å². The zero-order chi connectivity index (χ0) is 13.4. The molecule has 2 heterocycles. The number of amides is 1. The summed E-state index contributed by atoms with van der Waals surface area (Å²) >= 11 is 0. The summed E-state index contributed by atoms with van der Waals surface area (Å²) in [6.07, 6.45) is 3.13. The van der Waals surface area contributed by atoms with Crippen LogP contribution in [-0.4, -0.2) is 28.9 Å². The van der Waals surface area contributed by atoms with E-state index in [0.717, 1.165) is 29.6 Å². The number of hydrogen-bond acceptors (Lipinski definition) is 1.